The third-order valence-electron chi connectivity index (χ3n) is 2.78. The van der Waals surface area contributed by atoms with Gasteiger partial charge in [0.2, 0.25) is 0 Å². The normalized spacial score (nSPS) is 10.3. The Kier molecular flexibility index (Phi) is 4.98. The molecule has 0 aromatic carbocycles. The van der Waals surface area contributed by atoms with Crippen molar-refractivity contribution in [3.05, 3.63) is 45.8 Å². The van der Waals surface area contributed by atoms with Crippen molar-refractivity contribution in [2.75, 3.05) is 17.2 Å². The van der Waals surface area contributed by atoms with Crippen LogP contribution >= 0.6 is 23.2 Å². The van der Waals surface area contributed by atoms with Crippen LogP contribution in [0.25, 0.3) is 0 Å². The maximum atomic E-state index is 12.4. The number of nitrogens with zero attached hydrogens (tertiary/aromatic N) is 2. The second-order valence-electron chi connectivity index (χ2n) is 4.31. The summed E-state index contributed by atoms with van der Waals surface area (Å²) in [5, 5.41) is 6.23. The Balaban J connectivity index is 2.31. The molecule has 0 bridgehead atoms. The van der Waals surface area contributed by atoms with Gasteiger partial charge in [0, 0.05) is 12.7 Å². The first-order chi connectivity index (χ1) is 10.0. The van der Waals surface area contributed by atoms with E-state index in [1.54, 1.807) is 31.3 Å². The molecule has 0 saturated heterocycles. The fourth-order valence-corrected chi connectivity index (χ4v) is 2.40. The zero-order valence-electron chi connectivity index (χ0n) is 11.6. The topological polar surface area (TPSA) is 66.9 Å². The van der Waals surface area contributed by atoms with Gasteiger partial charge in [-0.2, -0.15) is 0 Å². The van der Waals surface area contributed by atoms with Gasteiger partial charge in [0.15, 0.2) is 5.15 Å². The number of rotatable bonds is 4. The highest BCUT2D eigenvalue weighted by atomic mass is 35.5. The Labute approximate surface area is 132 Å². The summed E-state index contributed by atoms with van der Waals surface area (Å²) in [6.07, 6.45) is 1.62. The molecule has 2 rings (SSSR count). The highest BCUT2D eigenvalue weighted by Crippen LogP contribution is 2.27. The molecular weight excluding hydrogens is 311 g/mol. The summed E-state index contributed by atoms with van der Waals surface area (Å²) >= 11 is 11.8. The first-order valence-electron chi connectivity index (χ1n) is 6.35. The average molecular weight is 325 g/mol. The third-order valence-corrected chi connectivity index (χ3v) is 3.24. The summed E-state index contributed by atoms with van der Waals surface area (Å²) < 4.78 is 0. The van der Waals surface area contributed by atoms with Crippen LogP contribution in [0.4, 0.5) is 11.5 Å². The van der Waals surface area contributed by atoms with E-state index in [0.29, 0.717) is 23.6 Å². The number of amides is 1. The van der Waals surface area contributed by atoms with Gasteiger partial charge in [-0.15, -0.1) is 0 Å². The molecule has 0 atom stereocenters. The first-order valence-corrected chi connectivity index (χ1v) is 7.11. The summed E-state index contributed by atoms with van der Waals surface area (Å²) in [4.78, 5) is 20.5. The zero-order valence-corrected chi connectivity index (χ0v) is 13.1. The third kappa shape index (κ3) is 3.62. The van der Waals surface area contributed by atoms with Crippen molar-refractivity contribution in [2.45, 2.75) is 13.8 Å². The number of carbonyl (C=O) groups is 1. The molecule has 2 heterocycles. The molecule has 0 aliphatic heterocycles. The molecule has 2 N–H and O–H groups in total. The smallest absolute Gasteiger partial charge is 0.259 e. The minimum absolute atomic E-state index is 0.155. The summed E-state index contributed by atoms with van der Waals surface area (Å²) in [7, 11) is 0. The number of carbonyl (C=O) groups excluding carboxylic acids is 1. The van der Waals surface area contributed by atoms with Gasteiger partial charge >= 0.3 is 0 Å². The SMILES string of the molecule is CCNc1ncccc1C(=O)Nc1c(C)cc(Cl)nc1Cl. The van der Waals surface area contributed by atoms with Crippen molar-refractivity contribution in [3.8, 4) is 0 Å². The van der Waals surface area contributed by atoms with Crippen LogP contribution in [0.3, 0.4) is 0 Å². The number of anilines is 2. The largest absolute Gasteiger partial charge is 0.370 e. The Morgan fingerprint density at radius 2 is 2.14 bits per heavy atom. The number of hydrogen-bond donors (Lipinski definition) is 2. The molecular formula is C14H14Cl2N4O. The number of pyridine rings is 2. The standard InChI is InChI=1S/C14H14Cl2N4O/c1-3-17-13-9(5-4-6-18-13)14(21)20-11-8(2)7-10(15)19-12(11)16/h4-7H,3H2,1-2H3,(H,17,18)(H,20,21). The Hall–Kier alpha value is -1.85. The summed E-state index contributed by atoms with van der Waals surface area (Å²) in [5.41, 5.74) is 1.62. The van der Waals surface area contributed by atoms with Gasteiger partial charge in [0.05, 0.1) is 11.3 Å². The van der Waals surface area contributed by atoms with Crippen LogP contribution in [0.15, 0.2) is 24.4 Å². The van der Waals surface area contributed by atoms with Gasteiger partial charge in [-0.05, 0) is 37.6 Å². The number of nitrogens with one attached hydrogen (secondary N) is 2. The summed E-state index contributed by atoms with van der Waals surface area (Å²) in [6.45, 7) is 4.39. The minimum atomic E-state index is -0.312. The fourth-order valence-electron chi connectivity index (χ4n) is 1.82. The molecule has 7 heteroatoms. The van der Waals surface area contributed by atoms with Gasteiger partial charge < -0.3 is 10.6 Å². The monoisotopic (exact) mass is 324 g/mol. The molecule has 0 aliphatic carbocycles. The van der Waals surface area contributed by atoms with Crippen molar-refractivity contribution < 1.29 is 4.79 Å². The van der Waals surface area contributed by atoms with Gasteiger partial charge in [-0.3, -0.25) is 4.79 Å². The second-order valence-corrected chi connectivity index (χ2v) is 5.06. The van der Waals surface area contributed by atoms with Gasteiger partial charge in [0.1, 0.15) is 11.0 Å². The van der Waals surface area contributed by atoms with Gasteiger partial charge in [-0.1, -0.05) is 23.2 Å². The van der Waals surface area contributed by atoms with E-state index in [9.17, 15) is 4.79 Å². The van der Waals surface area contributed by atoms with E-state index in [4.69, 9.17) is 23.2 Å². The van der Waals surface area contributed by atoms with Crippen molar-refractivity contribution in [1.82, 2.24) is 9.97 Å². The average Bonchev–Trinajstić information content (AvgIpc) is 2.43. The Bertz CT molecular complexity index is 653. The maximum Gasteiger partial charge on any atom is 0.259 e. The van der Waals surface area contributed by atoms with Crippen molar-refractivity contribution in [3.63, 3.8) is 0 Å². The molecule has 0 spiro atoms. The van der Waals surface area contributed by atoms with E-state index in [1.807, 2.05) is 6.92 Å². The number of halogens is 2. The number of hydrogen-bond acceptors (Lipinski definition) is 4. The van der Waals surface area contributed by atoms with E-state index in [2.05, 4.69) is 20.6 Å². The summed E-state index contributed by atoms with van der Waals surface area (Å²) in [6, 6.07) is 5.02. The highest BCUT2D eigenvalue weighted by Gasteiger charge is 2.15. The lowest BCUT2D eigenvalue weighted by atomic mass is 10.2. The van der Waals surface area contributed by atoms with Crippen LogP contribution in [0, 0.1) is 6.92 Å². The molecule has 21 heavy (non-hydrogen) atoms. The van der Waals surface area contributed by atoms with Crippen LogP contribution in [-0.4, -0.2) is 22.4 Å². The second kappa shape index (κ2) is 6.74. The lowest BCUT2D eigenvalue weighted by molar-refractivity contribution is 0.102. The van der Waals surface area contributed by atoms with E-state index in [0.717, 1.165) is 5.56 Å². The predicted octanol–water partition coefficient (Wildman–Crippen LogP) is 3.78. The molecule has 0 aliphatic rings. The predicted molar refractivity (Wildman–Crippen MR) is 85.3 cm³/mol. The van der Waals surface area contributed by atoms with E-state index in [1.165, 1.54) is 0 Å². The quantitative estimate of drug-likeness (QED) is 0.840. The molecule has 110 valence electrons. The molecule has 0 unspecified atom stereocenters. The van der Waals surface area contributed by atoms with E-state index in [-0.39, 0.29) is 16.2 Å². The first kappa shape index (κ1) is 15.5. The molecule has 0 radical (unpaired) electrons. The lowest BCUT2D eigenvalue weighted by Crippen LogP contribution is -2.16. The summed E-state index contributed by atoms with van der Waals surface area (Å²) in [5.74, 6) is 0.210. The number of aryl methyl sites for hydroxylation is 1. The van der Waals surface area contributed by atoms with Crippen LogP contribution in [-0.2, 0) is 0 Å². The lowest BCUT2D eigenvalue weighted by Gasteiger charge is -2.12. The molecule has 2 aromatic heterocycles. The van der Waals surface area contributed by atoms with E-state index < -0.39 is 0 Å². The van der Waals surface area contributed by atoms with Gasteiger partial charge in [0.25, 0.3) is 5.91 Å². The van der Waals surface area contributed by atoms with Crippen LogP contribution in [0.1, 0.15) is 22.8 Å². The Morgan fingerprint density at radius 3 is 2.81 bits per heavy atom. The highest BCUT2D eigenvalue weighted by molar-refractivity contribution is 6.35. The molecule has 2 aromatic rings. The molecule has 0 saturated carbocycles. The van der Waals surface area contributed by atoms with Crippen LogP contribution in [0.2, 0.25) is 10.3 Å². The fraction of sp³-hybridized carbons (Fsp3) is 0.214. The maximum absolute atomic E-state index is 12.4. The van der Waals surface area contributed by atoms with Crippen molar-refractivity contribution in [2.24, 2.45) is 0 Å². The van der Waals surface area contributed by atoms with Gasteiger partial charge in [-0.25, -0.2) is 9.97 Å². The van der Waals surface area contributed by atoms with Crippen LogP contribution in [0.5, 0.6) is 0 Å². The van der Waals surface area contributed by atoms with E-state index >= 15 is 0 Å². The molecule has 1 amide bonds. The Morgan fingerprint density at radius 1 is 1.38 bits per heavy atom. The van der Waals surface area contributed by atoms with Crippen molar-refractivity contribution >= 4 is 40.6 Å². The molecule has 5 nitrogen and oxygen atoms in total. The molecule has 0 fully saturated rings. The minimum Gasteiger partial charge on any atom is -0.370 e. The van der Waals surface area contributed by atoms with Crippen molar-refractivity contribution in [1.29, 1.82) is 0 Å². The zero-order chi connectivity index (χ0) is 15.4. The van der Waals surface area contributed by atoms with Crippen LogP contribution < -0.4 is 10.6 Å². The number of aromatic nitrogens is 2.